The molecule has 0 aliphatic carbocycles. The fourth-order valence-corrected chi connectivity index (χ4v) is 2.06. The van der Waals surface area contributed by atoms with Crippen LogP contribution >= 0.6 is 15.9 Å². The Labute approximate surface area is 96.8 Å². The van der Waals surface area contributed by atoms with Gasteiger partial charge in [0.05, 0.1) is 10.2 Å². The third-order valence-electron chi connectivity index (χ3n) is 2.24. The fourth-order valence-electron chi connectivity index (χ4n) is 1.65. The summed E-state index contributed by atoms with van der Waals surface area (Å²) < 4.78 is 0.826. The van der Waals surface area contributed by atoms with E-state index in [-0.39, 0.29) is 0 Å². The summed E-state index contributed by atoms with van der Waals surface area (Å²) in [5.74, 6) is 0.490. The molecule has 0 radical (unpaired) electrons. The maximum atomic E-state index is 5.66. The molecule has 2 rings (SSSR count). The van der Waals surface area contributed by atoms with Crippen molar-refractivity contribution >= 4 is 21.7 Å². The lowest BCUT2D eigenvalue weighted by Gasteiger charge is -2.03. The first kappa shape index (κ1) is 10.2. The molecular weight excluding hydrogens is 254 g/mol. The number of halogens is 1. The van der Waals surface area contributed by atoms with E-state index in [1.54, 1.807) is 0 Å². The van der Waals surface area contributed by atoms with Gasteiger partial charge in [0.1, 0.15) is 0 Å². The number of anilines is 1. The zero-order chi connectivity index (χ0) is 11.0. The van der Waals surface area contributed by atoms with Crippen molar-refractivity contribution in [1.82, 2.24) is 10.2 Å². The van der Waals surface area contributed by atoms with Gasteiger partial charge in [0.2, 0.25) is 0 Å². The second kappa shape index (κ2) is 3.70. The van der Waals surface area contributed by atoms with Crippen LogP contribution in [0.2, 0.25) is 0 Å². The number of hydrogen-bond donors (Lipinski definition) is 2. The summed E-state index contributed by atoms with van der Waals surface area (Å²) in [6.07, 6.45) is 0. The van der Waals surface area contributed by atoms with Gasteiger partial charge in [-0.3, -0.25) is 5.10 Å². The molecule has 3 N–H and O–H groups in total. The summed E-state index contributed by atoms with van der Waals surface area (Å²) in [5.41, 5.74) is 10.1. The number of nitrogens with one attached hydrogen (secondary N) is 1. The minimum atomic E-state index is 0.490. The van der Waals surface area contributed by atoms with E-state index in [0.717, 1.165) is 15.7 Å². The van der Waals surface area contributed by atoms with Crippen LogP contribution in [-0.4, -0.2) is 10.2 Å². The molecule has 0 aliphatic heterocycles. The number of nitrogens with two attached hydrogens (primary N) is 1. The first-order valence-corrected chi connectivity index (χ1v) is 5.45. The SMILES string of the molecule is Cc1cc(C)cc(-c2[nH]nc(N)c2Br)c1. The van der Waals surface area contributed by atoms with Gasteiger partial charge in [-0.15, -0.1) is 0 Å². The smallest absolute Gasteiger partial charge is 0.160 e. The van der Waals surface area contributed by atoms with Crippen LogP contribution in [0.1, 0.15) is 11.1 Å². The number of aryl methyl sites for hydroxylation is 2. The summed E-state index contributed by atoms with van der Waals surface area (Å²) in [4.78, 5) is 0. The molecule has 0 aliphatic rings. The average Bonchev–Trinajstić information content (AvgIpc) is 2.46. The van der Waals surface area contributed by atoms with Crippen molar-refractivity contribution in [2.45, 2.75) is 13.8 Å². The van der Waals surface area contributed by atoms with E-state index in [2.05, 4.69) is 58.2 Å². The molecule has 4 heteroatoms. The molecule has 2 aromatic rings. The minimum absolute atomic E-state index is 0.490. The van der Waals surface area contributed by atoms with Gasteiger partial charge in [-0.05, 0) is 41.9 Å². The van der Waals surface area contributed by atoms with Crippen LogP contribution in [0.4, 0.5) is 5.82 Å². The van der Waals surface area contributed by atoms with E-state index in [1.165, 1.54) is 11.1 Å². The highest BCUT2D eigenvalue weighted by molar-refractivity contribution is 9.10. The summed E-state index contributed by atoms with van der Waals surface area (Å²) in [7, 11) is 0. The van der Waals surface area contributed by atoms with Gasteiger partial charge in [0.15, 0.2) is 5.82 Å². The van der Waals surface area contributed by atoms with Crippen LogP contribution in [0.15, 0.2) is 22.7 Å². The van der Waals surface area contributed by atoms with Crippen LogP contribution in [0.5, 0.6) is 0 Å². The lowest BCUT2D eigenvalue weighted by atomic mass is 10.1. The fraction of sp³-hybridized carbons (Fsp3) is 0.182. The Hall–Kier alpha value is -1.29. The van der Waals surface area contributed by atoms with Crippen molar-refractivity contribution in [2.75, 3.05) is 5.73 Å². The number of nitrogens with zero attached hydrogens (tertiary/aromatic N) is 1. The standard InChI is InChI=1S/C11H12BrN3/c1-6-3-7(2)5-8(4-6)10-9(12)11(13)15-14-10/h3-5H,1-2H3,(H3,13,14,15). The second-order valence-corrected chi connectivity index (χ2v) is 4.47. The summed E-state index contributed by atoms with van der Waals surface area (Å²) in [6.45, 7) is 4.15. The maximum Gasteiger partial charge on any atom is 0.160 e. The monoisotopic (exact) mass is 265 g/mol. The van der Waals surface area contributed by atoms with E-state index in [1.807, 2.05) is 0 Å². The molecule has 0 spiro atoms. The van der Waals surface area contributed by atoms with Gasteiger partial charge in [-0.2, -0.15) is 5.10 Å². The number of aromatic nitrogens is 2. The van der Waals surface area contributed by atoms with Crippen molar-refractivity contribution in [3.05, 3.63) is 33.8 Å². The number of nitrogen functional groups attached to an aromatic ring is 1. The number of H-pyrrole nitrogens is 1. The van der Waals surface area contributed by atoms with Crippen molar-refractivity contribution < 1.29 is 0 Å². The number of benzene rings is 1. The number of rotatable bonds is 1. The van der Waals surface area contributed by atoms with E-state index in [0.29, 0.717) is 5.82 Å². The van der Waals surface area contributed by atoms with Crippen LogP contribution in [0.25, 0.3) is 11.3 Å². The molecule has 1 aromatic heterocycles. The van der Waals surface area contributed by atoms with Gasteiger partial charge < -0.3 is 5.73 Å². The van der Waals surface area contributed by atoms with Crippen molar-refractivity contribution in [3.63, 3.8) is 0 Å². The van der Waals surface area contributed by atoms with E-state index >= 15 is 0 Å². The zero-order valence-electron chi connectivity index (χ0n) is 8.63. The molecule has 1 aromatic carbocycles. The average molecular weight is 266 g/mol. The summed E-state index contributed by atoms with van der Waals surface area (Å²) in [6, 6.07) is 6.34. The molecule has 0 saturated carbocycles. The molecule has 15 heavy (non-hydrogen) atoms. The molecule has 0 atom stereocenters. The lowest BCUT2D eigenvalue weighted by molar-refractivity contribution is 1.10. The van der Waals surface area contributed by atoms with Crippen molar-refractivity contribution in [1.29, 1.82) is 0 Å². The molecule has 0 saturated heterocycles. The van der Waals surface area contributed by atoms with Crippen LogP contribution in [0, 0.1) is 13.8 Å². The third kappa shape index (κ3) is 1.90. The van der Waals surface area contributed by atoms with Gasteiger partial charge in [0.25, 0.3) is 0 Å². The van der Waals surface area contributed by atoms with Gasteiger partial charge >= 0.3 is 0 Å². The first-order chi connectivity index (χ1) is 7.08. The zero-order valence-corrected chi connectivity index (χ0v) is 10.2. The maximum absolute atomic E-state index is 5.66. The van der Waals surface area contributed by atoms with Crippen molar-refractivity contribution in [2.24, 2.45) is 0 Å². The predicted octanol–water partition coefficient (Wildman–Crippen LogP) is 3.04. The summed E-state index contributed by atoms with van der Waals surface area (Å²) in [5, 5.41) is 6.88. The van der Waals surface area contributed by atoms with Crippen LogP contribution < -0.4 is 5.73 Å². The molecule has 78 valence electrons. The Morgan fingerprint density at radius 1 is 1.20 bits per heavy atom. The molecule has 0 amide bonds. The van der Waals surface area contributed by atoms with Gasteiger partial charge in [-0.25, -0.2) is 0 Å². The molecule has 0 bridgehead atoms. The molecular formula is C11H12BrN3. The Kier molecular flexibility index (Phi) is 2.52. The molecule has 3 nitrogen and oxygen atoms in total. The Balaban J connectivity index is 2.58. The van der Waals surface area contributed by atoms with E-state index in [9.17, 15) is 0 Å². The Bertz CT molecular complexity index is 482. The van der Waals surface area contributed by atoms with Crippen molar-refractivity contribution in [3.8, 4) is 11.3 Å². The van der Waals surface area contributed by atoms with E-state index < -0.39 is 0 Å². The quantitative estimate of drug-likeness (QED) is 0.833. The third-order valence-corrected chi connectivity index (χ3v) is 3.05. The molecule has 0 unspecified atom stereocenters. The number of hydrogen-bond acceptors (Lipinski definition) is 2. The highest BCUT2D eigenvalue weighted by atomic mass is 79.9. The highest BCUT2D eigenvalue weighted by Gasteiger charge is 2.10. The Morgan fingerprint density at radius 2 is 1.80 bits per heavy atom. The lowest BCUT2D eigenvalue weighted by Crippen LogP contribution is -1.84. The predicted molar refractivity (Wildman–Crippen MR) is 65.6 cm³/mol. The highest BCUT2D eigenvalue weighted by Crippen LogP contribution is 2.31. The van der Waals surface area contributed by atoms with Crippen LogP contribution in [0.3, 0.4) is 0 Å². The summed E-state index contributed by atoms with van der Waals surface area (Å²) >= 11 is 3.42. The second-order valence-electron chi connectivity index (χ2n) is 3.67. The molecule has 0 fully saturated rings. The largest absolute Gasteiger partial charge is 0.381 e. The van der Waals surface area contributed by atoms with Gasteiger partial charge in [0, 0.05) is 5.56 Å². The van der Waals surface area contributed by atoms with Gasteiger partial charge in [-0.1, -0.05) is 17.2 Å². The first-order valence-electron chi connectivity index (χ1n) is 4.66. The van der Waals surface area contributed by atoms with E-state index in [4.69, 9.17) is 5.73 Å². The van der Waals surface area contributed by atoms with Crippen LogP contribution in [-0.2, 0) is 0 Å². The Morgan fingerprint density at radius 3 is 2.27 bits per heavy atom. The topological polar surface area (TPSA) is 54.7 Å². The minimum Gasteiger partial charge on any atom is -0.381 e. The normalized spacial score (nSPS) is 10.6. The number of aromatic amines is 1. The molecule has 1 heterocycles.